The molecular weight excluding hydrogens is 282 g/mol. The van der Waals surface area contributed by atoms with Gasteiger partial charge < -0.3 is 4.74 Å². The van der Waals surface area contributed by atoms with Gasteiger partial charge in [0.2, 0.25) is 0 Å². The third-order valence-electron chi connectivity index (χ3n) is 2.17. The summed E-state index contributed by atoms with van der Waals surface area (Å²) >= 11 is 17.7. The van der Waals surface area contributed by atoms with Gasteiger partial charge in [-0.1, -0.05) is 34.8 Å². The molecule has 3 nitrogen and oxygen atoms in total. The summed E-state index contributed by atoms with van der Waals surface area (Å²) in [6.45, 7) is 0. The molecule has 0 N–H and O–H groups in total. The van der Waals surface area contributed by atoms with E-state index in [9.17, 15) is 0 Å². The Bertz CT molecular complexity index is 560. The monoisotopic (exact) mass is 288 g/mol. The maximum absolute atomic E-state index is 5.98. The van der Waals surface area contributed by atoms with E-state index in [-0.39, 0.29) is 10.3 Å². The number of nitrogens with zero attached hydrogens (tertiary/aromatic N) is 2. The molecule has 88 valence electrons. The van der Waals surface area contributed by atoms with E-state index in [0.29, 0.717) is 16.3 Å². The molecule has 6 heteroatoms. The van der Waals surface area contributed by atoms with Crippen LogP contribution in [0, 0.1) is 0 Å². The Morgan fingerprint density at radius 2 is 1.76 bits per heavy atom. The highest BCUT2D eigenvalue weighted by Crippen LogP contribution is 2.36. The molecule has 0 aliphatic rings. The van der Waals surface area contributed by atoms with Crippen LogP contribution in [0.25, 0.3) is 11.1 Å². The second-order valence-electron chi connectivity index (χ2n) is 3.22. The number of benzene rings is 1. The third-order valence-corrected chi connectivity index (χ3v) is 2.87. The number of halogens is 3. The zero-order valence-corrected chi connectivity index (χ0v) is 11.0. The largest absolute Gasteiger partial charge is 0.496 e. The van der Waals surface area contributed by atoms with Crippen LogP contribution >= 0.6 is 34.8 Å². The predicted octanol–water partition coefficient (Wildman–Crippen LogP) is 4.11. The van der Waals surface area contributed by atoms with E-state index in [0.717, 1.165) is 5.56 Å². The zero-order chi connectivity index (χ0) is 12.4. The fourth-order valence-electron chi connectivity index (χ4n) is 1.43. The lowest BCUT2D eigenvalue weighted by Gasteiger charge is -2.09. The summed E-state index contributed by atoms with van der Waals surface area (Å²) in [5.41, 5.74) is 1.35. The van der Waals surface area contributed by atoms with Crippen molar-refractivity contribution in [1.29, 1.82) is 0 Å². The number of aromatic nitrogens is 2. The number of methoxy groups -OCH3 is 1. The van der Waals surface area contributed by atoms with Crippen molar-refractivity contribution in [3.63, 3.8) is 0 Å². The van der Waals surface area contributed by atoms with E-state index < -0.39 is 0 Å². The third kappa shape index (κ3) is 2.63. The van der Waals surface area contributed by atoms with E-state index in [2.05, 4.69) is 10.2 Å². The van der Waals surface area contributed by atoms with Crippen LogP contribution in [0.1, 0.15) is 0 Å². The van der Waals surface area contributed by atoms with Gasteiger partial charge in [-0.3, -0.25) is 0 Å². The lowest BCUT2D eigenvalue weighted by molar-refractivity contribution is 0.416. The molecule has 0 spiro atoms. The minimum atomic E-state index is 0.245. The normalized spacial score (nSPS) is 10.4. The summed E-state index contributed by atoms with van der Waals surface area (Å²) < 4.78 is 5.24. The summed E-state index contributed by atoms with van der Waals surface area (Å²) in [4.78, 5) is 0. The highest BCUT2D eigenvalue weighted by Gasteiger charge is 2.12. The van der Waals surface area contributed by atoms with Gasteiger partial charge in [-0.05, 0) is 24.3 Å². The topological polar surface area (TPSA) is 35.0 Å². The minimum absolute atomic E-state index is 0.245. The number of hydrogen-bond donors (Lipinski definition) is 0. The standard InChI is InChI=1S/C11H7Cl3N2O/c1-17-9-3-2-6(12)4-7(9)8-5-10(13)15-16-11(8)14/h2-5H,1H3. The number of rotatable bonds is 2. The second-order valence-corrected chi connectivity index (χ2v) is 4.40. The average Bonchev–Trinajstić information content (AvgIpc) is 2.32. The maximum Gasteiger partial charge on any atom is 0.159 e. The van der Waals surface area contributed by atoms with E-state index in [1.807, 2.05) is 0 Å². The predicted molar refractivity (Wildman–Crippen MR) is 69.1 cm³/mol. The van der Waals surface area contributed by atoms with Crippen molar-refractivity contribution < 1.29 is 4.74 Å². The van der Waals surface area contributed by atoms with Crippen LogP contribution < -0.4 is 4.74 Å². The summed E-state index contributed by atoms with van der Waals surface area (Å²) in [6.07, 6.45) is 0. The molecule has 0 fully saturated rings. The molecule has 0 radical (unpaired) electrons. The van der Waals surface area contributed by atoms with E-state index in [1.165, 1.54) is 0 Å². The van der Waals surface area contributed by atoms with Gasteiger partial charge in [0.15, 0.2) is 10.3 Å². The molecule has 0 bridgehead atoms. The zero-order valence-electron chi connectivity index (χ0n) is 8.75. The second kappa shape index (κ2) is 5.08. The Morgan fingerprint density at radius 3 is 2.47 bits per heavy atom. The van der Waals surface area contributed by atoms with Gasteiger partial charge in [-0.25, -0.2) is 0 Å². The molecule has 2 aromatic rings. The first-order chi connectivity index (χ1) is 8.11. The molecule has 1 aromatic carbocycles. The van der Waals surface area contributed by atoms with Gasteiger partial charge in [-0.15, -0.1) is 10.2 Å². The minimum Gasteiger partial charge on any atom is -0.496 e. The Balaban J connectivity index is 2.66. The Kier molecular flexibility index (Phi) is 3.72. The van der Waals surface area contributed by atoms with Crippen molar-refractivity contribution in [1.82, 2.24) is 10.2 Å². The van der Waals surface area contributed by atoms with Crippen molar-refractivity contribution in [2.75, 3.05) is 7.11 Å². The number of ether oxygens (including phenoxy) is 1. The average molecular weight is 290 g/mol. The molecule has 0 amide bonds. The number of hydrogen-bond acceptors (Lipinski definition) is 3. The SMILES string of the molecule is COc1ccc(Cl)cc1-c1cc(Cl)nnc1Cl. The lowest BCUT2D eigenvalue weighted by Crippen LogP contribution is -1.92. The van der Waals surface area contributed by atoms with Crippen LogP contribution in [0.5, 0.6) is 5.75 Å². The highest BCUT2D eigenvalue weighted by molar-refractivity contribution is 6.34. The van der Waals surface area contributed by atoms with Gasteiger partial charge in [-0.2, -0.15) is 0 Å². The smallest absolute Gasteiger partial charge is 0.159 e. The van der Waals surface area contributed by atoms with Crippen LogP contribution in [0.3, 0.4) is 0 Å². The van der Waals surface area contributed by atoms with Gasteiger partial charge in [0.1, 0.15) is 5.75 Å². The summed E-state index contributed by atoms with van der Waals surface area (Å²) in [5.74, 6) is 0.639. The maximum atomic E-state index is 5.98. The molecule has 0 aliphatic carbocycles. The molecular formula is C11H7Cl3N2O. The van der Waals surface area contributed by atoms with E-state index in [4.69, 9.17) is 39.5 Å². The van der Waals surface area contributed by atoms with Crippen molar-refractivity contribution in [3.8, 4) is 16.9 Å². The van der Waals surface area contributed by atoms with Gasteiger partial charge in [0, 0.05) is 16.1 Å². The quantitative estimate of drug-likeness (QED) is 0.834. The molecule has 0 atom stereocenters. The summed E-state index contributed by atoms with van der Waals surface area (Å²) in [6, 6.07) is 6.83. The van der Waals surface area contributed by atoms with Gasteiger partial charge in [0.25, 0.3) is 0 Å². The van der Waals surface area contributed by atoms with Crippen LogP contribution in [0.15, 0.2) is 24.3 Å². The Morgan fingerprint density at radius 1 is 1.00 bits per heavy atom. The Labute approximate surface area is 113 Å². The molecule has 1 heterocycles. The van der Waals surface area contributed by atoms with Gasteiger partial charge >= 0.3 is 0 Å². The summed E-state index contributed by atoms with van der Waals surface area (Å²) in [7, 11) is 1.57. The van der Waals surface area contributed by atoms with Crippen LogP contribution in [0.4, 0.5) is 0 Å². The Hall–Kier alpha value is -1.03. The van der Waals surface area contributed by atoms with Crippen LogP contribution in [-0.2, 0) is 0 Å². The molecule has 17 heavy (non-hydrogen) atoms. The molecule has 0 saturated heterocycles. The molecule has 2 rings (SSSR count). The fourth-order valence-corrected chi connectivity index (χ4v) is 1.95. The van der Waals surface area contributed by atoms with Gasteiger partial charge in [0.05, 0.1) is 7.11 Å². The van der Waals surface area contributed by atoms with Crippen LogP contribution in [-0.4, -0.2) is 17.3 Å². The molecule has 0 saturated carbocycles. The lowest BCUT2D eigenvalue weighted by atomic mass is 10.1. The fraction of sp³-hybridized carbons (Fsp3) is 0.0909. The first-order valence-corrected chi connectivity index (χ1v) is 5.78. The van der Waals surface area contributed by atoms with Crippen molar-refractivity contribution in [3.05, 3.63) is 39.6 Å². The van der Waals surface area contributed by atoms with E-state index >= 15 is 0 Å². The molecule has 0 aliphatic heterocycles. The van der Waals surface area contributed by atoms with Crippen molar-refractivity contribution in [2.45, 2.75) is 0 Å². The first kappa shape index (κ1) is 12.4. The summed E-state index contributed by atoms with van der Waals surface area (Å²) in [5, 5.41) is 8.47. The van der Waals surface area contributed by atoms with E-state index in [1.54, 1.807) is 31.4 Å². The van der Waals surface area contributed by atoms with Crippen molar-refractivity contribution >= 4 is 34.8 Å². The highest BCUT2D eigenvalue weighted by atomic mass is 35.5. The van der Waals surface area contributed by atoms with Crippen LogP contribution in [0.2, 0.25) is 15.3 Å². The molecule has 1 aromatic heterocycles. The first-order valence-electron chi connectivity index (χ1n) is 4.64. The van der Waals surface area contributed by atoms with Crippen molar-refractivity contribution in [2.24, 2.45) is 0 Å². The molecule has 0 unspecified atom stereocenters.